The van der Waals surface area contributed by atoms with E-state index in [1.807, 2.05) is 19.1 Å². The predicted molar refractivity (Wildman–Crippen MR) is 121 cm³/mol. The molecule has 1 amide bonds. The van der Waals surface area contributed by atoms with Crippen LogP contribution < -0.4 is 10.1 Å². The first-order chi connectivity index (χ1) is 16.1. The molecule has 2 rings (SSSR count). The van der Waals surface area contributed by atoms with Crippen LogP contribution in [0.15, 0.2) is 48.6 Å². The Hall–Kier alpha value is -2.65. The first kappa shape index (κ1) is 27.6. The highest BCUT2D eigenvalue weighted by molar-refractivity contribution is 5.86. The summed E-state index contributed by atoms with van der Waals surface area (Å²) in [5.74, 6) is -1.05. The summed E-state index contributed by atoms with van der Waals surface area (Å²) in [6, 6.07) is 4.36. The number of ketones is 1. The number of hydrogen-bond donors (Lipinski definition) is 3. The highest BCUT2D eigenvalue weighted by Crippen LogP contribution is 2.34. The zero-order valence-corrected chi connectivity index (χ0v) is 19.1. The lowest BCUT2D eigenvalue weighted by Crippen LogP contribution is -2.21. The lowest BCUT2D eigenvalue weighted by molar-refractivity contribution is -0.137. The second-order valence-corrected chi connectivity index (χ2v) is 8.27. The van der Waals surface area contributed by atoms with Crippen LogP contribution in [-0.4, -0.2) is 47.3 Å². The van der Waals surface area contributed by atoms with E-state index in [0.717, 1.165) is 12.1 Å². The Labute approximate surface area is 197 Å². The van der Waals surface area contributed by atoms with E-state index in [-0.39, 0.29) is 36.4 Å². The monoisotopic (exact) mass is 483 g/mol. The number of halogens is 3. The van der Waals surface area contributed by atoms with Gasteiger partial charge in [0.25, 0.3) is 0 Å². The van der Waals surface area contributed by atoms with Crippen molar-refractivity contribution in [1.29, 1.82) is 0 Å². The normalized spacial score (nSPS) is 21.9. The van der Waals surface area contributed by atoms with Gasteiger partial charge in [-0.3, -0.25) is 9.59 Å². The Morgan fingerprint density at radius 2 is 2.09 bits per heavy atom. The van der Waals surface area contributed by atoms with Crippen LogP contribution in [0.5, 0.6) is 5.75 Å². The van der Waals surface area contributed by atoms with Gasteiger partial charge in [0, 0.05) is 31.2 Å². The quantitative estimate of drug-likeness (QED) is 0.310. The predicted octanol–water partition coefficient (Wildman–Crippen LogP) is 3.82. The molecule has 0 radical (unpaired) electrons. The first-order valence-corrected chi connectivity index (χ1v) is 11.4. The zero-order valence-electron chi connectivity index (χ0n) is 19.1. The minimum Gasteiger partial charge on any atom is -0.491 e. The molecular formula is C25H32F3NO5. The summed E-state index contributed by atoms with van der Waals surface area (Å²) < 4.78 is 43.6. The Bertz CT molecular complexity index is 868. The van der Waals surface area contributed by atoms with E-state index >= 15 is 0 Å². The molecule has 1 saturated carbocycles. The number of ether oxygens (including phenoxy) is 1. The fourth-order valence-electron chi connectivity index (χ4n) is 3.81. The van der Waals surface area contributed by atoms with Crippen molar-refractivity contribution in [3.05, 3.63) is 54.1 Å². The summed E-state index contributed by atoms with van der Waals surface area (Å²) in [5.41, 5.74) is -0.847. The third kappa shape index (κ3) is 8.95. The minimum atomic E-state index is -4.49. The molecule has 9 heteroatoms. The number of alkyl halides is 3. The molecule has 0 aromatic heterocycles. The summed E-state index contributed by atoms with van der Waals surface area (Å²) in [4.78, 5) is 23.7. The molecule has 0 spiro atoms. The Balaban J connectivity index is 1.84. The molecule has 0 saturated heterocycles. The number of amides is 1. The SMILES string of the molecule is CCNC(=O)CCCC=CC[C@H]1[C@@H](O)CC(=O)[C@@H]1C=CC(O)COc1cccc(C(F)(F)F)c1. The summed E-state index contributed by atoms with van der Waals surface area (Å²) in [7, 11) is 0. The number of Topliss-reactive ketones (excluding diaryl/α,β-unsaturated/α-hetero) is 1. The van der Waals surface area contributed by atoms with Crippen molar-refractivity contribution >= 4 is 11.7 Å². The molecule has 1 aliphatic carbocycles. The van der Waals surface area contributed by atoms with Crippen molar-refractivity contribution in [2.24, 2.45) is 11.8 Å². The van der Waals surface area contributed by atoms with E-state index in [4.69, 9.17) is 4.74 Å². The number of hydrogen-bond acceptors (Lipinski definition) is 5. The van der Waals surface area contributed by atoms with Crippen molar-refractivity contribution in [1.82, 2.24) is 5.32 Å². The van der Waals surface area contributed by atoms with Crippen molar-refractivity contribution < 1.29 is 37.7 Å². The van der Waals surface area contributed by atoms with Gasteiger partial charge in [-0.15, -0.1) is 0 Å². The van der Waals surface area contributed by atoms with Gasteiger partial charge in [0.2, 0.25) is 5.91 Å². The summed E-state index contributed by atoms with van der Waals surface area (Å²) in [6.07, 6.45) is 2.65. The van der Waals surface area contributed by atoms with Crippen LogP contribution in [0.4, 0.5) is 13.2 Å². The van der Waals surface area contributed by atoms with Crippen molar-refractivity contribution in [2.45, 2.75) is 57.4 Å². The number of rotatable bonds is 12. The van der Waals surface area contributed by atoms with Crippen LogP contribution in [0.3, 0.4) is 0 Å². The maximum atomic E-state index is 12.8. The molecule has 1 fully saturated rings. The number of aliphatic hydroxyl groups is 2. The highest BCUT2D eigenvalue weighted by atomic mass is 19.4. The second kappa shape index (κ2) is 13.3. The average molecular weight is 484 g/mol. The molecule has 0 aliphatic heterocycles. The summed E-state index contributed by atoms with van der Waals surface area (Å²) in [6.45, 7) is 2.18. The maximum Gasteiger partial charge on any atom is 0.416 e. The molecule has 188 valence electrons. The van der Waals surface area contributed by atoms with E-state index in [1.54, 1.807) is 0 Å². The molecule has 6 nitrogen and oxygen atoms in total. The van der Waals surface area contributed by atoms with Gasteiger partial charge in [-0.25, -0.2) is 0 Å². The number of aliphatic hydroxyl groups excluding tert-OH is 2. The fraction of sp³-hybridized carbons (Fsp3) is 0.520. The molecular weight excluding hydrogens is 451 g/mol. The molecule has 0 bridgehead atoms. The van der Waals surface area contributed by atoms with Gasteiger partial charge < -0.3 is 20.3 Å². The highest BCUT2D eigenvalue weighted by Gasteiger charge is 2.39. The van der Waals surface area contributed by atoms with Gasteiger partial charge in [0.15, 0.2) is 0 Å². The van der Waals surface area contributed by atoms with Gasteiger partial charge in [0.1, 0.15) is 24.2 Å². The Kier molecular flexibility index (Phi) is 10.8. The van der Waals surface area contributed by atoms with Crippen LogP contribution in [0.25, 0.3) is 0 Å². The molecule has 1 aliphatic rings. The first-order valence-electron chi connectivity index (χ1n) is 11.4. The summed E-state index contributed by atoms with van der Waals surface area (Å²) >= 11 is 0. The smallest absolute Gasteiger partial charge is 0.416 e. The maximum absolute atomic E-state index is 12.8. The third-order valence-electron chi connectivity index (χ3n) is 5.58. The van der Waals surface area contributed by atoms with Crippen molar-refractivity contribution in [3.8, 4) is 5.75 Å². The van der Waals surface area contributed by atoms with Crippen LogP contribution in [-0.2, 0) is 15.8 Å². The van der Waals surface area contributed by atoms with Gasteiger partial charge in [-0.2, -0.15) is 13.2 Å². The number of benzene rings is 1. The molecule has 1 unspecified atom stereocenters. The van der Waals surface area contributed by atoms with E-state index in [2.05, 4.69) is 5.32 Å². The second-order valence-electron chi connectivity index (χ2n) is 8.27. The van der Waals surface area contributed by atoms with E-state index < -0.39 is 29.9 Å². The Morgan fingerprint density at radius 3 is 2.79 bits per heavy atom. The lowest BCUT2D eigenvalue weighted by Gasteiger charge is -2.17. The van der Waals surface area contributed by atoms with Crippen LogP contribution in [0.2, 0.25) is 0 Å². The number of nitrogens with one attached hydrogen (secondary N) is 1. The standard InChI is InChI=1S/C25H32F3NO5/c1-2-29-24(33)11-6-4-3-5-10-20-21(23(32)15-22(20)31)13-12-18(30)16-34-19-9-7-8-17(14-19)25(26,27)28/h3,5,7-9,12-14,18,20-22,30-31H,2,4,6,10-11,15-16H2,1H3,(H,29,33)/t18?,20-,21-,22+/m1/s1. The van der Waals surface area contributed by atoms with Crippen LogP contribution in [0.1, 0.15) is 44.6 Å². The summed E-state index contributed by atoms with van der Waals surface area (Å²) in [5, 5.41) is 23.1. The zero-order chi connectivity index (χ0) is 25.1. The largest absolute Gasteiger partial charge is 0.491 e. The average Bonchev–Trinajstić information content (AvgIpc) is 3.05. The molecule has 4 atom stereocenters. The van der Waals surface area contributed by atoms with E-state index in [9.17, 15) is 33.0 Å². The number of carbonyl (C=O) groups is 2. The van der Waals surface area contributed by atoms with Crippen molar-refractivity contribution in [2.75, 3.05) is 13.2 Å². The van der Waals surface area contributed by atoms with E-state index in [1.165, 1.54) is 24.3 Å². The van der Waals surface area contributed by atoms with Crippen LogP contribution in [0, 0.1) is 11.8 Å². The van der Waals surface area contributed by atoms with E-state index in [0.29, 0.717) is 32.2 Å². The Morgan fingerprint density at radius 1 is 1.32 bits per heavy atom. The molecule has 34 heavy (non-hydrogen) atoms. The lowest BCUT2D eigenvalue weighted by atomic mass is 9.90. The van der Waals surface area contributed by atoms with Gasteiger partial charge in [0.05, 0.1) is 11.7 Å². The molecule has 0 heterocycles. The van der Waals surface area contributed by atoms with Gasteiger partial charge in [-0.05, 0) is 44.4 Å². The van der Waals surface area contributed by atoms with Gasteiger partial charge in [-0.1, -0.05) is 30.4 Å². The minimum absolute atomic E-state index is 0.00788. The third-order valence-corrected chi connectivity index (χ3v) is 5.58. The number of allylic oxidation sites excluding steroid dienone is 3. The molecule has 1 aromatic rings. The topological polar surface area (TPSA) is 95.9 Å². The number of unbranched alkanes of at least 4 members (excludes halogenated alkanes) is 1. The number of carbonyl (C=O) groups excluding carboxylic acids is 2. The van der Waals surface area contributed by atoms with Gasteiger partial charge >= 0.3 is 6.18 Å². The fourth-order valence-corrected chi connectivity index (χ4v) is 3.81. The molecule has 1 aromatic carbocycles. The van der Waals surface area contributed by atoms with Crippen LogP contribution >= 0.6 is 0 Å². The van der Waals surface area contributed by atoms with Crippen molar-refractivity contribution in [3.63, 3.8) is 0 Å². The molecule has 3 N–H and O–H groups in total.